The fourth-order valence-corrected chi connectivity index (χ4v) is 3.52. The minimum Gasteiger partial charge on any atom is -0.478 e. The predicted molar refractivity (Wildman–Crippen MR) is 94.8 cm³/mol. The number of allylic oxidation sites excluding steroid dienone is 1. The van der Waals surface area contributed by atoms with Crippen molar-refractivity contribution in [1.29, 1.82) is 0 Å². The van der Waals surface area contributed by atoms with Gasteiger partial charge < -0.3 is 9.84 Å². The fraction of sp³-hybridized carbons (Fsp3) is 0.200. The van der Waals surface area contributed by atoms with Crippen LogP contribution in [0.5, 0.6) is 0 Å². The number of carbonyl (C=O) groups excluding carboxylic acids is 1. The number of benzene rings is 2. The molecule has 26 heavy (non-hydrogen) atoms. The van der Waals surface area contributed by atoms with Gasteiger partial charge in [-0.3, -0.25) is 0 Å². The summed E-state index contributed by atoms with van der Waals surface area (Å²) < 4.78 is 5.09. The largest absolute Gasteiger partial charge is 0.478 e. The van der Waals surface area contributed by atoms with Gasteiger partial charge in [0.05, 0.1) is 28.6 Å². The number of carboxylic acid groups (broad SMARTS) is 1. The highest BCUT2D eigenvalue weighted by Crippen LogP contribution is 2.35. The number of aromatic carboxylic acids is 1. The Morgan fingerprint density at radius 2 is 1.88 bits per heavy atom. The smallest absolute Gasteiger partial charge is 0.357 e. The van der Waals surface area contributed by atoms with Gasteiger partial charge in [-0.25, -0.2) is 19.6 Å². The van der Waals surface area contributed by atoms with E-state index < -0.39 is 11.9 Å². The lowest BCUT2D eigenvalue weighted by Gasteiger charge is -2.06. The van der Waals surface area contributed by atoms with Gasteiger partial charge in [-0.1, -0.05) is 0 Å². The molecule has 0 saturated carbocycles. The molecular weight excluding hydrogens is 332 g/mol. The van der Waals surface area contributed by atoms with Crippen LogP contribution >= 0.6 is 0 Å². The van der Waals surface area contributed by atoms with Gasteiger partial charge in [-0.05, 0) is 56.2 Å². The molecule has 0 spiro atoms. The summed E-state index contributed by atoms with van der Waals surface area (Å²) in [5.41, 5.74) is 5.45. The zero-order chi connectivity index (χ0) is 18.6. The number of hydrogen-bond acceptors (Lipinski definition) is 5. The van der Waals surface area contributed by atoms with Gasteiger partial charge in [0, 0.05) is 16.7 Å². The summed E-state index contributed by atoms with van der Waals surface area (Å²) in [6, 6.07) is 6.76. The third kappa shape index (κ3) is 2.19. The van der Waals surface area contributed by atoms with E-state index in [4.69, 9.17) is 4.74 Å². The van der Waals surface area contributed by atoms with Gasteiger partial charge in [0.15, 0.2) is 5.70 Å². The lowest BCUT2D eigenvalue weighted by Crippen LogP contribution is -2.18. The predicted octanol–water partition coefficient (Wildman–Crippen LogP) is 2.55. The number of carboxylic acids is 1. The van der Waals surface area contributed by atoms with Crippen molar-refractivity contribution in [3.05, 3.63) is 57.4 Å². The molecule has 0 aliphatic carbocycles. The molecule has 2 aromatic carbocycles. The van der Waals surface area contributed by atoms with E-state index in [1.807, 2.05) is 19.9 Å². The van der Waals surface area contributed by atoms with Crippen molar-refractivity contribution in [2.45, 2.75) is 20.8 Å². The van der Waals surface area contributed by atoms with E-state index in [1.165, 1.54) is 0 Å². The molecule has 4 rings (SSSR count). The first kappa shape index (κ1) is 16.2. The van der Waals surface area contributed by atoms with E-state index in [1.54, 1.807) is 25.1 Å². The second kappa shape index (κ2) is 5.62. The molecule has 0 amide bonds. The molecule has 0 radical (unpaired) electrons. The maximum Gasteiger partial charge on any atom is 0.357 e. The number of carbonyl (C=O) groups is 2. The van der Waals surface area contributed by atoms with E-state index in [0.29, 0.717) is 11.1 Å². The molecule has 2 aromatic rings. The molecule has 0 saturated heterocycles. The standard InChI is InChI=1S/C20H16N2O4/c1-4-26-20(25)18-10(3)16-9(2)17-13(8-15(16)22-18)12-7-11(19(23)24)5-6-14(12)21-17/h5-8H,4H2,1-3H3,(H,23,24). The van der Waals surface area contributed by atoms with E-state index in [-0.39, 0.29) is 12.2 Å². The maximum atomic E-state index is 12.1. The number of esters is 1. The second-order valence-electron chi connectivity index (χ2n) is 6.25. The average molecular weight is 348 g/mol. The normalized spacial score (nSPS) is 13.5. The third-order valence-electron chi connectivity index (χ3n) is 4.72. The van der Waals surface area contributed by atoms with Crippen LogP contribution < -0.4 is 10.7 Å². The first-order valence-corrected chi connectivity index (χ1v) is 8.29. The number of hydrogen-bond donors (Lipinski definition) is 1. The lowest BCUT2D eigenvalue weighted by molar-refractivity contribution is -0.138. The van der Waals surface area contributed by atoms with Crippen LogP contribution in [0.1, 0.15) is 35.3 Å². The van der Waals surface area contributed by atoms with Crippen LogP contribution in [-0.2, 0) is 9.53 Å². The zero-order valence-corrected chi connectivity index (χ0v) is 14.6. The van der Waals surface area contributed by atoms with Gasteiger partial charge >= 0.3 is 11.9 Å². The first-order chi connectivity index (χ1) is 12.4. The minimum absolute atomic E-state index is 0.211. The van der Waals surface area contributed by atoms with E-state index in [2.05, 4.69) is 9.98 Å². The van der Waals surface area contributed by atoms with Crippen LogP contribution in [0, 0.1) is 6.92 Å². The van der Waals surface area contributed by atoms with Gasteiger partial charge in [-0.2, -0.15) is 0 Å². The van der Waals surface area contributed by atoms with Gasteiger partial charge in [0.2, 0.25) is 0 Å². The number of nitrogens with zero attached hydrogens (tertiary/aromatic N) is 2. The first-order valence-electron chi connectivity index (χ1n) is 8.29. The van der Waals surface area contributed by atoms with E-state index in [0.717, 1.165) is 38.9 Å². The van der Waals surface area contributed by atoms with Crippen LogP contribution in [-0.4, -0.2) is 23.7 Å². The summed E-state index contributed by atoms with van der Waals surface area (Å²) in [5, 5.41) is 10.7. The van der Waals surface area contributed by atoms with Crippen molar-refractivity contribution >= 4 is 23.2 Å². The number of rotatable bonds is 3. The minimum atomic E-state index is -0.981. The Balaban J connectivity index is 1.93. The molecule has 1 N–H and O–H groups in total. The van der Waals surface area contributed by atoms with Crippen molar-refractivity contribution in [2.24, 2.45) is 9.98 Å². The van der Waals surface area contributed by atoms with Crippen molar-refractivity contribution in [3.63, 3.8) is 0 Å². The summed E-state index contributed by atoms with van der Waals surface area (Å²) in [4.78, 5) is 32.6. The Morgan fingerprint density at radius 1 is 1.12 bits per heavy atom. The van der Waals surface area contributed by atoms with Crippen molar-refractivity contribution in [2.75, 3.05) is 6.61 Å². The van der Waals surface area contributed by atoms with E-state index >= 15 is 0 Å². The van der Waals surface area contributed by atoms with Crippen molar-refractivity contribution in [3.8, 4) is 11.1 Å². The maximum absolute atomic E-state index is 12.1. The Morgan fingerprint density at radius 3 is 2.58 bits per heavy atom. The Bertz CT molecular complexity index is 1160. The SMILES string of the molecule is CCOC(=O)C1=C(C)c2c(C)c3c(cc2=N1)-c1cc(C(=O)O)ccc1N=3. The fourth-order valence-electron chi connectivity index (χ4n) is 3.52. The summed E-state index contributed by atoms with van der Waals surface area (Å²) in [6.45, 7) is 5.84. The van der Waals surface area contributed by atoms with Gasteiger partial charge in [-0.15, -0.1) is 0 Å². The molecule has 2 aliphatic heterocycles. The molecule has 2 heterocycles. The van der Waals surface area contributed by atoms with Crippen LogP contribution in [0.4, 0.5) is 5.69 Å². The molecule has 0 unspecified atom stereocenters. The summed E-state index contributed by atoms with van der Waals surface area (Å²) in [5.74, 6) is -1.42. The highest BCUT2D eigenvalue weighted by molar-refractivity contribution is 5.99. The monoisotopic (exact) mass is 348 g/mol. The Hall–Kier alpha value is -3.28. The summed E-state index contributed by atoms with van der Waals surface area (Å²) in [7, 11) is 0. The molecule has 2 aliphatic rings. The molecule has 6 nitrogen and oxygen atoms in total. The van der Waals surface area contributed by atoms with Gasteiger partial charge in [0.1, 0.15) is 0 Å². The van der Waals surface area contributed by atoms with Crippen LogP contribution in [0.2, 0.25) is 0 Å². The molecule has 6 heteroatoms. The molecular formula is C20H16N2O4. The highest BCUT2D eigenvalue weighted by Gasteiger charge is 2.26. The summed E-state index contributed by atoms with van der Waals surface area (Å²) >= 11 is 0. The number of fused-ring (bicyclic) bond motifs is 4. The third-order valence-corrected chi connectivity index (χ3v) is 4.72. The Kier molecular flexibility index (Phi) is 3.50. The second-order valence-corrected chi connectivity index (χ2v) is 6.25. The molecule has 0 bridgehead atoms. The van der Waals surface area contributed by atoms with Crippen LogP contribution in [0.15, 0.2) is 39.9 Å². The number of ether oxygens (including phenoxy) is 1. The summed E-state index contributed by atoms with van der Waals surface area (Å²) in [6.07, 6.45) is 0. The molecule has 0 fully saturated rings. The average Bonchev–Trinajstić information content (AvgIpc) is 3.13. The van der Waals surface area contributed by atoms with Crippen LogP contribution in [0.3, 0.4) is 0 Å². The van der Waals surface area contributed by atoms with Crippen molar-refractivity contribution < 1.29 is 19.4 Å². The van der Waals surface area contributed by atoms with Gasteiger partial charge in [0.25, 0.3) is 0 Å². The Labute approximate surface area is 149 Å². The molecule has 0 atom stereocenters. The lowest BCUT2D eigenvalue weighted by atomic mass is 9.95. The van der Waals surface area contributed by atoms with Crippen LogP contribution in [0.25, 0.3) is 16.7 Å². The quantitative estimate of drug-likeness (QED) is 0.737. The molecule has 0 aromatic heterocycles. The zero-order valence-electron chi connectivity index (χ0n) is 14.6. The molecule has 130 valence electrons. The van der Waals surface area contributed by atoms with E-state index in [9.17, 15) is 14.7 Å². The topological polar surface area (TPSA) is 88.3 Å². The van der Waals surface area contributed by atoms with Crippen molar-refractivity contribution in [1.82, 2.24) is 0 Å². The highest BCUT2D eigenvalue weighted by atomic mass is 16.5.